The van der Waals surface area contributed by atoms with Crippen molar-refractivity contribution in [2.75, 3.05) is 0 Å². The van der Waals surface area contributed by atoms with Crippen LogP contribution in [0.2, 0.25) is 0 Å². The van der Waals surface area contributed by atoms with Gasteiger partial charge in [-0.15, -0.1) is 0 Å². The van der Waals surface area contributed by atoms with E-state index < -0.39 is 17.7 Å². The van der Waals surface area contributed by atoms with E-state index in [2.05, 4.69) is 10.2 Å². The molecule has 0 amide bonds. The Morgan fingerprint density at radius 3 is 2.87 bits per heavy atom. The van der Waals surface area contributed by atoms with Gasteiger partial charge in [0.15, 0.2) is 0 Å². The number of alkyl halides is 3. The van der Waals surface area contributed by atoms with E-state index in [9.17, 15) is 18.0 Å². The first kappa shape index (κ1) is 10.2. The fourth-order valence-electron chi connectivity index (χ4n) is 1.82. The minimum atomic E-state index is -4.18. The summed E-state index contributed by atoms with van der Waals surface area (Å²) in [7, 11) is 0. The molecule has 1 aromatic rings. The summed E-state index contributed by atoms with van der Waals surface area (Å²) in [5.41, 5.74) is 0.555. The SMILES string of the molecule is O=c1cc2c(n[nH]1)CCC(C(F)(F)F)C2. The highest BCUT2D eigenvalue weighted by Crippen LogP contribution is 2.35. The number of hydrogen-bond donors (Lipinski definition) is 1. The van der Waals surface area contributed by atoms with Crippen LogP contribution < -0.4 is 5.56 Å². The van der Waals surface area contributed by atoms with Gasteiger partial charge >= 0.3 is 6.18 Å². The van der Waals surface area contributed by atoms with Gasteiger partial charge in [0.05, 0.1) is 11.6 Å². The molecule has 0 radical (unpaired) electrons. The van der Waals surface area contributed by atoms with Gasteiger partial charge in [0.25, 0.3) is 5.56 Å². The molecule has 6 heteroatoms. The van der Waals surface area contributed by atoms with E-state index in [1.165, 1.54) is 6.07 Å². The molecule has 1 N–H and O–H groups in total. The van der Waals surface area contributed by atoms with Crippen LogP contribution in [0.5, 0.6) is 0 Å². The largest absolute Gasteiger partial charge is 0.392 e. The molecule has 15 heavy (non-hydrogen) atoms. The van der Waals surface area contributed by atoms with E-state index in [1.807, 2.05) is 0 Å². The average Bonchev–Trinajstić information content (AvgIpc) is 2.15. The number of aryl methyl sites for hydroxylation is 1. The minimum Gasteiger partial charge on any atom is -0.268 e. The first-order chi connectivity index (χ1) is 6.97. The summed E-state index contributed by atoms with van der Waals surface area (Å²) in [4.78, 5) is 10.9. The van der Waals surface area contributed by atoms with Crippen LogP contribution in [0.4, 0.5) is 13.2 Å². The Morgan fingerprint density at radius 1 is 1.47 bits per heavy atom. The summed E-state index contributed by atoms with van der Waals surface area (Å²) in [5, 5.41) is 5.96. The molecule has 0 saturated carbocycles. The molecule has 1 aliphatic carbocycles. The molecular formula is C9H9F3N2O. The summed E-state index contributed by atoms with van der Waals surface area (Å²) < 4.78 is 37.3. The standard InChI is InChI=1S/C9H9F3N2O/c10-9(11,12)6-1-2-7-5(3-6)4-8(15)14-13-7/h4,6H,1-3H2,(H,14,15). The van der Waals surface area contributed by atoms with Crippen LogP contribution in [0.1, 0.15) is 17.7 Å². The van der Waals surface area contributed by atoms with E-state index in [1.54, 1.807) is 0 Å². The highest BCUT2D eigenvalue weighted by molar-refractivity contribution is 5.21. The monoisotopic (exact) mass is 218 g/mol. The second-order valence-electron chi connectivity index (χ2n) is 3.69. The highest BCUT2D eigenvalue weighted by Gasteiger charge is 2.41. The first-order valence-electron chi connectivity index (χ1n) is 4.61. The van der Waals surface area contributed by atoms with Gasteiger partial charge in [0.2, 0.25) is 0 Å². The molecule has 82 valence electrons. The summed E-state index contributed by atoms with van der Waals surface area (Å²) in [6.07, 6.45) is -3.98. The fraction of sp³-hybridized carbons (Fsp3) is 0.556. The molecule has 1 aromatic heterocycles. The average molecular weight is 218 g/mol. The van der Waals surface area contributed by atoms with Gasteiger partial charge in [0.1, 0.15) is 0 Å². The predicted octanol–water partition coefficient (Wildman–Crippen LogP) is 1.44. The summed E-state index contributed by atoms with van der Waals surface area (Å²) >= 11 is 0. The molecule has 2 rings (SSSR count). The van der Waals surface area contributed by atoms with Gasteiger partial charge in [-0.05, 0) is 24.8 Å². The maximum absolute atomic E-state index is 12.4. The second kappa shape index (κ2) is 3.36. The van der Waals surface area contributed by atoms with Gasteiger partial charge in [0, 0.05) is 6.07 Å². The number of nitrogens with zero attached hydrogens (tertiary/aromatic N) is 1. The van der Waals surface area contributed by atoms with Crippen molar-refractivity contribution in [2.45, 2.75) is 25.4 Å². The van der Waals surface area contributed by atoms with Gasteiger partial charge in [-0.25, -0.2) is 5.10 Å². The number of aromatic amines is 1. The molecule has 0 saturated heterocycles. The molecule has 0 aliphatic heterocycles. The highest BCUT2D eigenvalue weighted by atomic mass is 19.4. The molecule has 0 bridgehead atoms. The maximum Gasteiger partial charge on any atom is 0.392 e. The van der Waals surface area contributed by atoms with E-state index in [4.69, 9.17) is 0 Å². The molecule has 0 aromatic carbocycles. The van der Waals surface area contributed by atoms with Crippen LogP contribution in [-0.4, -0.2) is 16.4 Å². The smallest absolute Gasteiger partial charge is 0.268 e. The minimum absolute atomic E-state index is 0.0511. The lowest BCUT2D eigenvalue weighted by atomic mass is 9.86. The zero-order valence-electron chi connectivity index (χ0n) is 7.77. The van der Waals surface area contributed by atoms with E-state index >= 15 is 0 Å². The molecule has 1 atom stereocenters. The van der Waals surface area contributed by atoms with Crippen molar-refractivity contribution in [3.63, 3.8) is 0 Å². The van der Waals surface area contributed by atoms with E-state index in [0.29, 0.717) is 11.3 Å². The maximum atomic E-state index is 12.4. The second-order valence-corrected chi connectivity index (χ2v) is 3.69. The lowest BCUT2D eigenvalue weighted by Crippen LogP contribution is -2.30. The van der Waals surface area contributed by atoms with Crippen LogP contribution in [0.15, 0.2) is 10.9 Å². The Morgan fingerprint density at radius 2 is 2.20 bits per heavy atom. The number of fused-ring (bicyclic) bond motifs is 1. The summed E-state index contributed by atoms with van der Waals surface area (Å²) in [6.45, 7) is 0. The number of aromatic nitrogens is 2. The Hall–Kier alpha value is -1.33. The van der Waals surface area contributed by atoms with Crippen molar-refractivity contribution in [1.82, 2.24) is 10.2 Å². The predicted molar refractivity (Wildman–Crippen MR) is 46.4 cm³/mol. The third-order valence-corrected chi connectivity index (χ3v) is 2.64. The van der Waals surface area contributed by atoms with E-state index in [-0.39, 0.29) is 19.3 Å². The molecule has 1 aliphatic rings. The number of halogens is 3. The number of nitrogens with one attached hydrogen (secondary N) is 1. The zero-order valence-corrected chi connectivity index (χ0v) is 7.77. The Kier molecular flexibility index (Phi) is 2.28. The Bertz CT molecular complexity index is 424. The van der Waals surface area contributed by atoms with Crippen LogP contribution in [0, 0.1) is 5.92 Å². The fourth-order valence-corrected chi connectivity index (χ4v) is 1.82. The van der Waals surface area contributed by atoms with Crippen molar-refractivity contribution in [2.24, 2.45) is 5.92 Å². The number of rotatable bonds is 0. The number of hydrogen-bond acceptors (Lipinski definition) is 2. The molecule has 1 heterocycles. The normalized spacial score (nSPS) is 21.1. The Balaban J connectivity index is 2.30. The van der Waals surface area contributed by atoms with Gasteiger partial charge < -0.3 is 0 Å². The van der Waals surface area contributed by atoms with Crippen LogP contribution in [0.25, 0.3) is 0 Å². The van der Waals surface area contributed by atoms with Crippen molar-refractivity contribution >= 4 is 0 Å². The molecular weight excluding hydrogens is 209 g/mol. The summed E-state index contributed by atoms with van der Waals surface area (Å²) in [6, 6.07) is 1.21. The van der Waals surface area contributed by atoms with Gasteiger partial charge in [-0.1, -0.05) is 0 Å². The lowest BCUT2D eigenvalue weighted by molar-refractivity contribution is -0.177. The quantitative estimate of drug-likeness (QED) is 0.716. The van der Waals surface area contributed by atoms with Crippen molar-refractivity contribution in [3.05, 3.63) is 27.7 Å². The summed E-state index contributed by atoms with van der Waals surface area (Å²) in [5.74, 6) is -1.34. The van der Waals surface area contributed by atoms with Crippen molar-refractivity contribution in [3.8, 4) is 0 Å². The van der Waals surface area contributed by atoms with Gasteiger partial charge in [-0.2, -0.15) is 18.3 Å². The molecule has 3 nitrogen and oxygen atoms in total. The van der Waals surface area contributed by atoms with Crippen LogP contribution in [-0.2, 0) is 12.8 Å². The van der Waals surface area contributed by atoms with Crippen molar-refractivity contribution in [1.29, 1.82) is 0 Å². The molecule has 1 unspecified atom stereocenters. The molecule has 0 spiro atoms. The third-order valence-electron chi connectivity index (χ3n) is 2.64. The van der Waals surface area contributed by atoms with E-state index in [0.717, 1.165) is 0 Å². The topological polar surface area (TPSA) is 45.8 Å². The first-order valence-corrected chi connectivity index (χ1v) is 4.61. The third kappa shape index (κ3) is 2.03. The van der Waals surface area contributed by atoms with Crippen molar-refractivity contribution < 1.29 is 13.2 Å². The molecule has 0 fully saturated rings. The number of H-pyrrole nitrogens is 1. The van der Waals surface area contributed by atoms with Crippen LogP contribution in [0.3, 0.4) is 0 Å². The Labute approximate surface area is 83.3 Å². The van der Waals surface area contributed by atoms with Gasteiger partial charge in [-0.3, -0.25) is 4.79 Å². The zero-order chi connectivity index (χ0) is 11.1. The lowest BCUT2D eigenvalue weighted by Gasteiger charge is -2.25. The van der Waals surface area contributed by atoms with Crippen LogP contribution >= 0.6 is 0 Å².